The first-order valence-electron chi connectivity index (χ1n) is 10.0. The zero-order valence-electron chi connectivity index (χ0n) is 17.4. The summed E-state index contributed by atoms with van der Waals surface area (Å²) in [5, 5.41) is 2.85. The van der Waals surface area contributed by atoms with Gasteiger partial charge in [-0.25, -0.2) is 0 Å². The Kier molecular flexibility index (Phi) is 6.35. The number of carbonyl (C=O) groups is 2. The highest BCUT2D eigenvalue weighted by atomic mass is 16.2. The lowest BCUT2D eigenvalue weighted by Gasteiger charge is -2.35. The van der Waals surface area contributed by atoms with E-state index < -0.39 is 5.54 Å². The number of carbonyl (C=O) groups excluding carboxylic acids is 2. The molecule has 1 heterocycles. The van der Waals surface area contributed by atoms with Gasteiger partial charge >= 0.3 is 0 Å². The third-order valence-electron chi connectivity index (χ3n) is 5.70. The molecule has 1 aliphatic heterocycles. The second-order valence-corrected chi connectivity index (χ2v) is 8.07. The number of nitrogens with zero attached hydrogens (tertiary/aromatic N) is 2. The van der Waals surface area contributed by atoms with Crippen molar-refractivity contribution in [3.05, 3.63) is 65.7 Å². The van der Waals surface area contributed by atoms with Gasteiger partial charge in [-0.3, -0.25) is 9.59 Å². The molecular weight excluding hydrogens is 364 g/mol. The number of nitrogens with one attached hydrogen (secondary N) is 1. The fourth-order valence-corrected chi connectivity index (χ4v) is 3.70. The summed E-state index contributed by atoms with van der Waals surface area (Å²) >= 11 is 0. The molecule has 2 aromatic carbocycles. The fraction of sp³-hybridized carbons (Fsp3) is 0.391. The number of likely N-dealkylation sites (tertiary alicyclic amines) is 1. The molecule has 2 atom stereocenters. The van der Waals surface area contributed by atoms with Gasteiger partial charge < -0.3 is 20.9 Å². The molecule has 6 nitrogen and oxygen atoms in total. The van der Waals surface area contributed by atoms with Gasteiger partial charge in [-0.2, -0.15) is 0 Å². The Balaban J connectivity index is 1.65. The number of rotatable bonds is 5. The van der Waals surface area contributed by atoms with Crippen LogP contribution in [-0.2, 0) is 10.3 Å². The Morgan fingerprint density at radius 1 is 1.14 bits per heavy atom. The first kappa shape index (κ1) is 21.0. The second-order valence-electron chi connectivity index (χ2n) is 8.07. The molecule has 6 heteroatoms. The van der Waals surface area contributed by atoms with Crippen LogP contribution in [0.3, 0.4) is 0 Å². The number of likely N-dealkylation sites (N-methyl/N-ethyl adjacent to an activating group) is 2. The number of hydrogen-bond donors (Lipinski definition) is 2. The van der Waals surface area contributed by atoms with Crippen molar-refractivity contribution in [1.82, 2.24) is 9.80 Å². The number of piperidine rings is 1. The van der Waals surface area contributed by atoms with E-state index in [0.29, 0.717) is 11.3 Å². The predicted octanol–water partition coefficient (Wildman–Crippen LogP) is 2.67. The molecule has 29 heavy (non-hydrogen) atoms. The molecule has 0 bridgehead atoms. The highest BCUT2D eigenvalue weighted by Crippen LogP contribution is 2.21. The summed E-state index contributed by atoms with van der Waals surface area (Å²) in [6, 6.07) is 16.5. The number of benzene rings is 2. The van der Waals surface area contributed by atoms with E-state index in [-0.39, 0.29) is 17.9 Å². The Labute approximate surface area is 172 Å². The molecule has 3 rings (SSSR count). The van der Waals surface area contributed by atoms with Crippen LogP contribution in [0.5, 0.6) is 0 Å². The summed E-state index contributed by atoms with van der Waals surface area (Å²) in [6.07, 6.45) is 2.12. The van der Waals surface area contributed by atoms with Crippen LogP contribution >= 0.6 is 0 Å². The average molecular weight is 395 g/mol. The highest BCUT2D eigenvalue weighted by Gasteiger charge is 2.30. The van der Waals surface area contributed by atoms with E-state index in [9.17, 15) is 9.59 Å². The van der Waals surface area contributed by atoms with Gasteiger partial charge in [-0.05, 0) is 63.2 Å². The van der Waals surface area contributed by atoms with E-state index in [1.54, 1.807) is 31.2 Å². The van der Waals surface area contributed by atoms with Gasteiger partial charge in [0.1, 0.15) is 5.54 Å². The van der Waals surface area contributed by atoms with Crippen LogP contribution in [0.15, 0.2) is 54.6 Å². The Hall–Kier alpha value is -2.70. The summed E-state index contributed by atoms with van der Waals surface area (Å²) in [5.41, 5.74) is 7.07. The van der Waals surface area contributed by atoms with Crippen LogP contribution in [-0.4, -0.2) is 54.8 Å². The molecule has 0 aromatic heterocycles. The van der Waals surface area contributed by atoms with Crippen LogP contribution in [0.4, 0.5) is 5.69 Å². The minimum atomic E-state index is -1.15. The summed E-state index contributed by atoms with van der Waals surface area (Å²) in [6.45, 7) is 3.66. The van der Waals surface area contributed by atoms with Gasteiger partial charge in [0.05, 0.1) is 0 Å². The molecule has 0 radical (unpaired) electrons. The van der Waals surface area contributed by atoms with Crippen molar-refractivity contribution in [2.45, 2.75) is 31.3 Å². The van der Waals surface area contributed by atoms with Crippen molar-refractivity contribution in [2.75, 3.05) is 32.5 Å². The standard InChI is InChI=1S/C23H30N4O2/c1-23(24,18-8-5-4-6-9-18)22(29)25-19-13-11-17(12-14-19)21(28)27(3)20-10-7-15-26(2)16-20/h4-6,8-9,11-14,20H,7,10,15-16,24H2,1-3H3,(H,25,29). The third kappa shape index (κ3) is 4.83. The van der Waals surface area contributed by atoms with Crippen LogP contribution in [0.1, 0.15) is 35.7 Å². The van der Waals surface area contributed by atoms with E-state index in [2.05, 4.69) is 17.3 Å². The normalized spacial score (nSPS) is 19.2. The lowest BCUT2D eigenvalue weighted by Crippen LogP contribution is -2.47. The number of nitrogens with two attached hydrogens (primary N) is 1. The predicted molar refractivity (Wildman–Crippen MR) is 116 cm³/mol. The van der Waals surface area contributed by atoms with Gasteiger partial charge in [0.25, 0.3) is 5.91 Å². The van der Waals surface area contributed by atoms with E-state index >= 15 is 0 Å². The smallest absolute Gasteiger partial charge is 0.253 e. The number of anilines is 1. The number of amides is 2. The van der Waals surface area contributed by atoms with Crippen molar-refractivity contribution < 1.29 is 9.59 Å². The SMILES string of the molecule is CN1CCCC(N(C)C(=O)c2ccc(NC(=O)C(C)(N)c3ccccc3)cc2)C1. The lowest BCUT2D eigenvalue weighted by molar-refractivity contribution is -0.120. The number of hydrogen-bond acceptors (Lipinski definition) is 4. The van der Waals surface area contributed by atoms with E-state index in [4.69, 9.17) is 5.73 Å². The van der Waals surface area contributed by atoms with Gasteiger partial charge in [0.2, 0.25) is 5.91 Å². The average Bonchev–Trinajstić information content (AvgIpc) is 2.74. The Morgan fingerprint density at radius 3 is 2.41 bits per heavy atom. The molecule has 1 saturated heterocycles. The molecule has 0 aliphatic carbocycles. The maximum absolute atomic E-state index is 12.8. The van der Waals surface area contributed by atoms with Crippen molar-refractivity contribution in [1.29, 1.82) is 0 Å². The summed E-state index contributed by atoms with van der Waals surface area (Å²) in [5.74, 6) is -0.304. The molecule has 0 spiro atoms. The second kappa shape index (κ2) is 8.76. The molecule has 1 fully saturated rings. The maximum atomic E-state index is 12.8. The lowest BCUT2D eigenvalue weighted by atomic mass is 9.92. The molecule has 1 aliphatic rings. The molecule has 2 amide bonds. The van der Waals surface area contributed by atoms with Crippen LogP contribution in [0.25, 0.3) is 0 Å². The minimum absolute atomic E-state index is 0.00359. The first-order valence-corrected chi connectivity index (χ1v) is 10.0. The van der Waals surface area contributed by atoms with Gasteiger partial charge in [0, 0.05) is 30.9 Å². The van der Waals surface area contributed by atoms with Crippen LogP contribution < -0.4 is 11.1 Å². The molecular formula is C23H30N4O2. The summed E-state index contributed by atoms with van der Waals surface area (Å²) in [4.78, 5) is 29.6. The van der Waals surface area contributed by atoms with E-state index in [1.807, 2.05) is 42.3 Å². The Bertz CT molecular complexity index is 849. The maximum Gasteiger partial charge on any atom is 0.253 e. The third-order valence-corrected chi connectivity index (χ3v) is 5.70. The zero-order chi connectivity index (χ0) is 21.0. The fourth-order valence-electron chi connectivity index (χ4n) is 3.70. The van der Waals surface area contributed by atoms with Crippen molar-refractivity contribution in [3.8, 4) is 0 Å². The van der Waals surface area contributed by atoms with Gasteiger partial charge in [0.15, 0.2) is 0 Å². The van der Waals surface area contributed by atoms with Crippen molar-refractivity contribution >= 4 is 17.5 Å². The van der Waals surface area contributed by atoms with Crippen LogP contribution in [0.2, 0.25) is 0 Å². The molecule has 3 N–H and O–H groups in total. The van der Waals surface area contributed by atoms with Crippen LogP contribution in [0, 0.1) is 0 Å². The monoisotopic (exact) mass is 394 g/mol. The quantitative estimate of drug-likeness (QED) is 0.817. The van der Waals surface area contributed by atoms with E-state index in [0.717, 1.165) is 31.5 Å². The largest absolute Gasteiger partial charge is 0.337 e. The van der Waals surface area contributed by atoms with Crippen molar-refractivity contribution in [2.24, 2.45) is 5.73 Å². The van der Waals surface area contributed by atoms with Crippen molar-refractivity contribution in [3.63, 3.8) is 0 Å². The zero-order valence-corrected chi connectivity index (χ0v) is 17.4. The minimum Gasteiger partial charge on any atom is -0.337 e. The summed E-state index contributed by atoms with van der Waals surface area (Å²) in [7, 11) is 3.95. The molecule has 2 unspecified atom stereocenters. The summed E-state index contributed by atoms with van der Waals surface area (Å²) < 4.78 is 0. The Morgan fingerprint density at radius 2 is 1.79 bits per heavy atom. The molecule has 0 saturated carbocycles. The highest BCUT2D eigenvalue weighted by molar-refractivity contribution is 5.99. The topological polar surface area (TPSA) is 78.7 Å². The van der Waals surface area contributed by atoms with Gasteiger partial charge in [-0.15, -0.1) is 0 Å². The van der Waals surface area contributed by atoms with E-state index in [1.165, 1.54) is 0 Å². The molecule has 154 valence electrons. The molecule has 2 aromatic rings. The van der Waals surface area contributed by atoms with Gasteiger partial charge in [-0.1, -0.05) is 30.3 Å². The first-order chi connectivity index (χ1) is 13.8.